The highest BCUT2D eigenvalue weighted by atomic mass is 32.2. The van der Waals surface area contributed by atoms with E-state index in [0.29, 0.717) is 26.3 Å². The number of carbonyl (C=O) groups is 1. The molecule has 2 heterocycles. The summed E-state index contributed by atoms with van der Waals surface area (Å²) in [6, 6.07) is 3.30. The second-order valence-electron chi connectivity index (χ2n) is 6.30. The van der Waals surface area contributed by atoms with Gasteiger partial charge in [0.2, 0.25) is 10.0 Å². The van der Waals surface area contributed by atoms with Gasteiger partial charge in [-0.3, -0.25) is 4.90 Å². The van der Waals surface area contributed by atoms with Crippen molar-refractivity contribution in [3.05, 3.63) is 23.8 Å². The molecule has 0 saturated carbocycles. The third kappa shape index (κ3) is 3.12. The van der Waals surface area contributed by atoms with E-state index in [2.05, 4.69) is 4.90 Å². The van der Waals surface area contributed by atoms with Crippen LogP contribution < -0.4 is 0 Å². The predicted molar refractivity (Wildman–Crippen MR) is 84.6 cm³/mol. The van der Waals surface area contributed by atoms with Gasteiger partial charge in [-0.05, 0) is 25.2 Å². The molecule has 2 bridgehead atoms. The fraction of sp³-hybridized carbons (Fsp3) is 0.533. The molecule has 24 heavy (non-hydrogen) atoms. The maximum Gasteiger partial charge on any atom is 0.339 e. The molecule has 0 unspecified atom stereocenters. The molecule has 3 rings (SSSR count). The summed E-state index contributed by atoms with van der Waals surface area (Å²) in [4.78, 5) is 13.1. The van der Waals surface area contributed by atoms with Crippen molar-refractivity contribution in [3.63, 3.8) is 0 Å². The zero-order valence-corrected chi connectivity index (χ0v) is 14.1. The summed E-state index contributed by atoms with van der Waals surface area (Å²) in [7, 11) is -1.90. The summed E-state index contributed by atoms with van der Waals surface area (Å²) in [6.07, 6.45) is 0. The maximum atomic E-state index is 13.0. The molecule has 0 radical (unpaired) electrons. The summed E-state index contributed by atoms with van der Waals surface area (Å²) in [5, 5.41) is 18.7. The summed E-state index contributed by atoms with van der Waals surface area (Å²) < 4.78 is 32.9. The van der Waals surface area contributed by atoms with Gasteiger partial charge in [-0.2, -0.15) is 4.31 Å². The number of carboxylic acids is 1. The Labute approximate surface area is 140 Å². The lowest BCUT2D eigenvalue weighted by Gasteiger charge is -2.29. The van der Waals surface area contributed by atoms with Gasteiger partial charge in [0.25, 0.3) is 0 Å². The molecule has 0 amide bonds. The van der Waals surface area contributed by atoms with Gasteiger partial charge in [-0.15, -0.1) is 0 Å². The highest BCUT2D eigenvalue weighted by molar-refractivity contribution is 7.89. The first kappa shape index (κ1) is 17.2. The van der Waals surface area contributed by atoms with Gasteiger partial charge >= 0.3 is 5.97 Å². The molecule has 0 spiro atoms. The monoisotopic (exact) mass is 356 g/mol. The number of phenols is 1. The highest BCUT2D eigenvalue weighted by Gasteiger charge is 2.37. The molecule has 1 aromatic carbocycles. The maximum absolute atomic E-state index is 13.0. The third-order valence-corrected chi connectivity index (χ3v) is 6.37. The van der Waals surface area contributed by atoms with Crippen LogP contribution in [0.3, 0.4) is 0 Å². The second kappa shape index (κ2) is 6.32. The number of rotatable bonds is 3. The Kier molecular flexibility index (Phi) is 4.52. The van der Waals surface area contributed by atoms with E-state index in [-0.39, 0.29) is 16.9 Å². The van der Waals surface area contributed by atoms with Crippen molar-refractivity contribution in [2.75, 3.05) is 39.9 Å². The van der Waals surface area contributed by atoms with Crippen LogP contribution in [0.1, 0.15) is 10.4 Å². The van der Waals surface area contributed by atoms with Gasteiger partial charge in [0.05, 0.1) is 18.1 Å². The minimum absolute atomic E-state index is 0.0386. The van der Waals surface area contributed by atoms with E-state index in [0.717, 1.165) is 18.7 Å². The Bertz CT molecular complexity index is 750. The number of nitrogens with zero attached hydrogens (tertiary/aromatic N) is 2. The average molecular weight is 356 g/mol. The van der Waals surface area contributed by atoms with Crippen LogP contribution in [0, 0.1) is 5.92 Å². The average Bonchev–Trinajstić information content (AvgIpc) is 2.75. The van der Waals surface area contributed by atoms with E-state index in [9.17, 15) is 18.3 Å². The van der Waals surface area contributed by atoms with Crippen LogP contribution in [0.2, 0.25) is 0 Å². The minimum Gasteiger partial charge on any atom is -0.507 e. The Hall–Kier alpha value is -1.68. The first-order chi connectivity index (χ1) is 11.3. The van der Waals surface area contributed by atoms with E-state index in [1.54, 1.807) is 0 Å². The van der Waals surface area contributed by atoms with Crippen LogP contribution in [0.25, 0.3) is 0 Å². The Morgan fingerprint density at radius 1 is 1.25 bits per heavy atom. The summed E-state index contributed by atoms with van der Waals surface area (Å²) >= 11 is 0. The Morgan fingerprint density at radius 3 is 2.71 bits per heavy atom. The van der Waals surface area contributed by atoms with E-state index >= 15 is 0 Å². The minimum atomic E-state index is -3.85. The Morgan fingerprint density at radius 2 is 2.00 bits per heavy atom. The lowest BCUT2D eigenvalue weighted by molar-refractivity contribution is 0.0693. The molecule has 2 aliphatic rings. The van der Waals surface area contributed by atoms with Crippen molar-refractivity contribution in [2.45, 2.75) is 10.9 Å². The van der Waals surface area contributed by atoms with Crippen LogP contribution in [0.4, 0.5) is 0 Å². The van der Waals surface area contributed by atoms with Crippen LogP contribution in [0.15, 0.2) is 23.1 Å². The number of benzene rings is 1. The molecule has 2 aliphatic heterocycles. The van der Waals surface area contributed by atoms with Crippen LogP contribution >= 0.6 is 0 Å². The molecule has 1 aromatic rings. The van der Waals surface area contributed by atoms with Gasteiger partial charge in [-0.25, -0.2) is 13.2 Å². The first-order valence-corrected chi connectivity index (χ1v) is 9.07. The Balaban J connectivity index is 1.96. The zero-order chi connectivity index (χ0) is 17.5. The second-order valence-corrected chi connectivity index (χ2v) is 8.24. The van der Waals surface area contributed by atoms with E-state index < -0.39 is 27.3 Å². The number of likely N-dealkylation sites (N-methyl/N-ethyl adjacent to an activating group) is 1. The number of hydrogen-bond donors (Lipinski definition) is 2. The molecule has 0 aliphatic carbocycles. The van der Waals surface area contributed by atoms with Crippen molar-refractivity contribution in [1.29, 1.82) is 0 Å². The number of sulfonamides is 1. The summed E-state index contributed by atoms with van der Waals surface area (Å²) in [5.74, 6) is -1.76. The van der Waals surface area contributed by atoms with Crippen molar-refractivity contribution in [1.82, 2.24) is 9.21 Å². The lowest BCUT2D eigenvalue weighted by atomic mass is 10.1. The van der Waals surface area contributed by atoms with Crippen LogP contribution in [0.5, 0.6) is 5.75 Å². The number of ether oxygens (including phenoxy) is 1. The third-order valence-electron chi connectivity index (χ3n) is 4.55. The van der Waals surface area contributed by atoms with Gasteiger partial charge in [0, 0.05) is 31.6 Å². The molecule has 2 atom stereocenters. The quantitative estimate of drug-likeness (QED) is 0.787. The van der Waals surface area contributed by atoms with Crippen LogP contribution in [-0.2, 0) is 14.8 Å². The molecule has 8 nitrogen and oxygen atoms in total. The van der Waals surface area contributed by atoms with Crippen molar-refractivity contribution in [3.8, 4) is 5.75 Å². The van der Waals surface area contributed by atoms with Crippen molar-refractivity contribution < 1.29 is 28.2 Å². The number of aromatic carboxylic acids is 1. The van der Waals surface area contributed by atoms with E-state index in [1.165, 1.54) is 10.4 Å². The number of hydrogen-bond acceptors (Lipinski definition) is 6. The number of carboxylic acid groups (broad SMARTS) is 1. The standard InChI is InChI=1S/C15H20N2O6S/c1-16-5-10-6-17(7-11(16)9-23-8-10)24(21,22)12-2-3-14(18)13(4-12)15(19)20/h2-4,10-11,18H,5-9H2,1H3,(H,19,20)/t10-,11+/m1/s1. The summed E-state index contributed by atoms with van der Waals surface area (Å²) in [6.45, 7) is 2.34. The van der Waals surface area contributed by atoms with Gasteiger partial charge in [-0.1, -0.05) is 0 Å². The highest BCUT2D eigenvalue weighted by Crippen LogP contribution is 2.27. The SMILES string of the molecule is CN1C[C@H]2COC[C@@H]1CN(S(=O)(=O)c1ccc(O)c(C(=O)O)c1)C2. The first-order valence-electron chi connectivity index (χ1n) is 7.63. The molecule has 0 aromatic heterocycles. The molecule has 2 fully saturated rings. The van der Waals surface area contributed by atoms with Gasteiger partial charge in [0.1, 0.15) is 11.3 Å². The largest absolute Gasteiger partial charge is 0.507 e. The molecule has 2 saturated heterocycles. The summed E-state index contributed by atoms with van der Waals surface area (Å²) in [5.41, 5.74) is -0.424. The van der Waals surface area contributed by atoms with Crippen molar-refractivity contribution in [2.24, 2.45) is 5.92 Å². The molecular weight excluding hydrogens is 336 g/mol. The van der Waals surface area contributed by atoms with Gasteiger partial charge < -0.3 is 14.9 Å². The fourth-order valence-corrected chi connectivity index (χ4v) is 4.78. The zero-order valence-electron chi connectivity index (χ0n) is 13.3. The molecular formula is C15H20N2O6S. The molecule has 2 N–H and O–H groups in total. The fourth-order valence-electron chi connectivity index (χ4n) is 3.20. The smallest absolute Gasteiger partial charge is 0.339 e. The molecule has 9 heteroatoms. The van der Waals surface area contributed by atoms with E-state index in [1.807, 2.05) is 7.05 Å². The number of aromatic hydroxyl groups is 1. The predicted octanol–water partition coefficient (Wildman–Crippen LogP) is 0.0415. The van der Waals surface area contributed by atoms with Crippen LogP contribution in [-0.4, -0.2) is 79.7 Å². The molecule has 132 valence electrons. The topological polar surface area (TPSA) is 107 Å². The van der Waals surface area contributed by atoms with E-state index in [4.69, 9.17) is 9.84 Å². The lowest BCUT2D eigenvalue weighted by Crippen LogP contribution is -2.44. The van der Waals surface area contributed by atoms with Crippen molar-refractivity contribution >= 4 is 16.0 Å². The number of fused-ring (bicyclic) bond motifs is 3. The van der Waals surface area contributed by atoms with Gasteiger partial charge in [0.15, 0.2) is 0 Å². The normalized spacial score (nSPS) is 26.0.